The summed E-state index contributed by atoms with van der Waals surface area (Å²) in [6, 6.07) is 7.30. The van der Waals surface area contributed by atoms with Crippen LogP contribution < -0.4 is 5.32 Å². The lowest BCUT2D eigenvalue weighted by Crippen LogP contribution is -2.06. The van der Waals surface area contributed by atoms with Gasteiger partial charge in [0.15, 0.2) is 0 Å². The Morgan fingerprint density at radius 3 is 1.95 bits per heavy atom. The fourth-order valence-corrected chi connectivity index (χ4v) is 1.37. The zero-order valence-electron chi connectivity index (χ0n) is 9.22. The van der Waals surface area contributed by atoms with Crippen LogP contribution in [-0.2, 0) is 0 Å². The normalized spacial score (nSPS) is 10.1. The molecule has 1 heterocycles. The highest BCUT2D eigenvalue weighted by atomic mass is 19.2. The molecule has 3 nitrogen and oxygen atoms in total. The Labute approximate surface area is 105 Å². The molecule has 0 aliphatic carbocycles. The minimum absolute atomic E-state index is 0.168. The number of nitrogens with one attached hydrogen (secondary N) is 1. The molecular formula is C12H5F4N3. The van der Waals surface area contributed by atoms with Crippen LogP contribution in [0, 0.1) is 34.9 Å². The first kappa shape index (κ1) is 12.8. The number of hydrogen-bond acceptors (Lipinski definition) is 3. The Morgan fingerprint density at radius 2 is 1.47 bits per heavy atom. The first-order valence-electron chi connectivity index (χ1n) is 5.00. The van der Waals surface area contributed by atoms with Crippen molar-refractivity contribution in [3.63, 3.8) is 0 Å². The van der Waals surface area contributed by atoms with E-state index >= 15 is 0 Å². The smallest absolute Gasteiger partial charge is 0.253 e. The molecule has 0 radical (unpaired) electrons. The second-order valence-electron chi connectivity index (χ2n) is 3.51. The highest BCUT2D eigenvalue weighted by Crippen LogP contribution is 2.25. The highest BCUT2D eigenvalue weighted by Gasteiger charge is 2.20. The first-order chi connectivity index (χ1) is 9.02. The Hall–Kier alpha value is -2.62. The third-order valence-corrected chi connectivity index (χ3v) is 2.28. The van der Waals surface area contributed by atoms with Crippen LogP contribution >= 0.6 is 0 Å². The van der Waals surface area contributed by atoms with Gasteiger partial charge in [-0.1, -0.05) is 0 Å². The van der Waals surface area contributed by atoms with E-state index in [1.54, 1.807) is 0 Å². The fourth-order valence-electron chi connectivity index (χ4n) is 1.37. The summed E-state index contributed by atoms with van der Waals surface area (Å²) in [5.74, 6) is -6.73. The van der Waals surface area contributed by atoms with E-state index < -0.39 is 29.2 Å². The van der Waals surface area contributed by atoms with Crippen LogP contribution in [0.3, 0.4) is 0 Å². The van der Waals surface area contributed by atoms with Crippen LogP contribution in [0.1, 0.15) is 5.56 Å². The molecule has 0 saturated heterocycles. The van der Waals surface area contributed by atoms with Gasteiger partial charge in [-0.25, -0.2) is 0 Å². The Bertz CT molecular complexity index is 636. The molecular weight excluding hydrogens is 262 g/mol. The van der Waals surface area contributed by atoms with Crippen LogP contribution in [0.5, 0.6) is 0 Å². The molecule has 7 heteroatoms. The van der Waals surface area contributed by atoms with Gasteiger partial charge in [0.1, 0.15) is 5.69 Å². The molecule has 0 unspecified atom stereocenters. The lowest BCUT2D eigenvalue weighted by atomic mass is 10.2. The summed E-state index contributed by atoms with van der Waals surface area (Å²) >= 11 is 0. The summed E-state index contributed by atoms with van der Waals surface area (Å²) in [6.45, 7) is 0. The molecule has 1 aromatic carbocycles. The molecule has 0 aliphatic rings. The molecule has 0 aliphatic heterocycles. The summed E-state index contributed by atoms with van der Waals surface area (Å²) in [4.78, 5) is 2.44. The summed E-state index contributed by atoms with van der Waals surface area (Å²) < 4.78 is 52.4. The SMILES string of the molecule is N#Cc1ccc(Nc2c(F)c(F)nc(F)c2F)cc1. The van der Waals surface area contributed by atoms with E-state index in [0.717, 1.165) is 0 Å². The molecule has 1 N–H and O–H groups in total. The average Bonchev–Trinajstić information content (AvgIpc) is 2.42. The number of pyridine rings is 1. The number of benzene rings is 1. The van der Waals surface area contributed by atoms with E-state index in [1.807, 2.05) is 6.07 Å². The Kier molecular flexibility index (Phi) is 3.33. The van der Waals surface area contributed by atoms with Crippen molar-refractivity contribution < 1.29 is 17.6 Å². The zero-order valence-corrected chi connectivity index (χ0v) is 9.22. The second-order valence-corrected chi connectivity index (χ2v) is 3.51. The van der Waals surface area contributed by atoms with Gasteiger partial charge < -0.3 is 5.32 Å². The van der Waals surface area contributed by atoms with Gasteiger partial charge in [-0.2, -0.15) is 27.8 Å². The van der Waals surface area contributed by atoms with Gasteiger partial charge in [-0.3, -0.25) is 0 Å². The van der Waals surface area contributed by atoms with Crippen molar-refractivity contribution in [3.8, 4) is 6.07 Å². The maximum atomic E-state index is 13.3. The van der Waals surface area contributed by atoms with Crippen molar-refractivity contribution in [2.24, 2.45) is 0 Å². The Morgan fingerprint density at radius 1 is 0.947 bits per heavy atom. The van der Waals surface area contributed by atoms with E-state index in [-0.39, 0.29) is 5.69 Å². The van der Waals surface area contributed by atoms with Crippen LogP contribution in [0.4, 0.5) is 28.9 Å². The average molecular weight is 267 g/mol. The summed E-state index contributed by atoms with van der Waals surface area (Å²) in [7, 11) is 0. The van der Waals surface area contributed by atoms with Gasteiger partial charge in [0.2, 0.25) is 11.6 Å². The maximum absolute atomic E-state index is 13.3. The minimum atomic E-state index is -1.74. The zero-order chi connectivity index (χ0) is 14.0. The molecule has 1 aromatic heterocycles. The molecule has 0 fully saturated rings. The van der Waals surface area contributed by atoms with Crippen molar-refractivity contribution in [2.45, 2.75) is 0 Å². The van der Waals surface area contributed by atoms with Crippen molar-refractivity contribution in [2.75, 3.05) is 5.32 Å². The van der Waals surface area contributed by atoms with Crippen molar-refractivity contribution in [1.29, 1.82) is 5.26 Å². The van der Waals surface area contributed by atoms with Crippen LogP contribution in [0.2, 0.25) is 0 Å². The number of anilines is 2. The minimum Gasteiger partial charge on any atom is -0.350 e. The first-order valence-corrected chi connectivity index (χ1v) is 5.00. The highest BCUT2D eigenvalue weighted by molar-refractivity contribution is 5.61. The molecule has 19 heavy (non-hydrogen) atoms. The standard InChI is InChI=1S/C12H5F4N3/c13-8-10(9(14)12(16)19-11(8)15)18-7-3-1-6(5-17)2-4-7/h1-4H,(H,18,19). The Balaban J connectivity index is 2.40. The van der Waals surface area contributed by atoms with Gasteiger partial charge in [0.25, 0.3) is 11.9 Å². The monoisotopic (exact) mass is 267 g/mol. The second kappa shape index (κ2) is 4.94. The number of rotatable bonds is 2. The molecule has 0 atom stereocenters. The number of nitrogens with zero attached hydrogens (tertiary/aromatic N) is 2. The summed E-state index contributed by atoms with van der Waals surface area (Å²) in [5.41, 5.74) is -0.477. The summed E-state index contributed by atoms with van der Waals surface area (Å²) in [6.07, 6.45) is 0. The summed E-state index contributed by atoms with van der Waals surface area (Å²) in [5, 5.41) is 10.8. The van der Waals surface area contributed by atoms with Crippen LogP contribution in [0.25, 0.3) is 0 Å². The molecule has 0 amide bonds. The maximum Gasteiger partial charge on any atom is 0.253 e. The third kappa shape index (κ3) is 2.47. The number of halogens is 4. The topological polar surface area (TPSA) is 48.7 Å². The third-order valence-electron chi connectivity index (χ3n) is 2.28. The van der Waals surface area contributed by atoms with Crippen molar-refractivity contribution in [1.82, 2.24) is 4.98 Å². The number of aromatic nitrogens is 1. The number of nitriles is 1. The van der Waals surface area contributed by atoms with Crippen LogP contribution in [-0.4, -0.2) is 4.98 Å². The molecule has 2 aromatic rings. The quantitative estimate of drug-likeness (QED) is 0.671. The predicted molar refractivity (Wildman–Crippen MR) is 58.5 cm³/mol. The number of hydrogen-bond donors (Lipinski definition) is 1. The van der Waals surface area contributed by atoms with Crippen molar-refractivity contribution >= 4 is 11.4 Å². The fraction of sp³-hybridized carbons (Fsp3) is 0. The van der Waals surface area contributed by atoms with Gasteiger partial charge in [-0.05, 0) is 24.3 Å². The largest absolute Gasteiger partial charge is 0.350 e. The van der Waals surface area contributed by atoms with Gasteiger partial charge in [0.05, 0.1) is 11.6 Å². The van der Waals surface area contributed by atoms with E-state index in [9.17, 15) is 17.6 Å². The van der Waals surface area contributed by atoms with E-state index in [2.05, 4.69) is 10.3 Å². The van der Waals surface area contributed by atoms with E-state index in [1.165, 1.54) is 24.3 Å². The van der Waals surface area contributed by atoms with E-state index in [4.69, 9.17) is 5.26 Å². The molecule has 96 valence electrons. The molecule has 0 saturated carbocycles. The van der Waals surface area contributed by atoms with Crippen molar-refractivity contribution in [3.05, 3.63) is 53.4 Å². The molecule has 0 bridgehead atoms. The van der Waals surface area contributed by atoms with Gasteiger partial charge in [0, 0.05) is 5.69 Å². The lowest BCUT2D eigenvalue weighted by Gasteiger charge is -2.09. The molecule has 0 spiro atoms. The van der Waals surface area contributed by atoms with E-state index in [0.29, 0.717) is 5.56 Å². The van der Waals surface area contributed by atoms with Crippen LogP contribution in [0.15, 0.2) is 24.3 Å². The lowest BCUT2D eigenvalue weighted by molar-refractivity contribution is 0.411. The predicted octanol–water partition coefficient (Wildman–Crippen LogP) is 3.25. The van der Waals surface area contributed by atoms with Gasteiger partial charge in [-0.15, -0.1) is 0 Å². The van der Waals surface area contributed by atoms with Gasteiger partial charge >= 0.3 is 0 Å². The molecule has 2 rings (SSSR count).